The minimum atomic E-state index is -0.907. The van der Waals surface area contributed by atoms with Crippen LogP contribution < -0.4 is 14.7 Å². The number of anilines is 2. The van der Waals surface area contributed by atoms with Gasteiger partial charge in [0.1, 0.15) is 11.7 Å². The second-order valence-corrected chi connectivity index (χ2v) is 8.08. The Hall–Kier alpha value is -3.35. The summed E-state index contributed by atoms with van der Waals surface area (Å²) in [5, 5.41) is 2.27. The zero-order valence-corrected chi connectivity index (χ0v) is 18.1. The lowest BCUT2D eigenvalue weighted by atomic mass is 9.90. The van der Waals surface area contributed by atoms with Crippen molar-refractivity contribution in [3.05, 3.63) is 89.4 Å². The largest absolute Gasteiger partial charge is 0.494 e. The summed E-state index contributed by atoms with van der Waals surface area (Å²) < 4.78 is 5.47. The molecule has 0 N–H and O–H groups in total. The SMILES string of the molecule is CCOc1ccc(N2C(=O)C3ON(c4ccccc4)C(c4ccc(Cl)cc4)C3C2=O)cc1. The molecule has 3 atom stereocenters. The van der Waals surface area contributed by atoms with Crippen LogP contribution in [0.25, 0.3) is 0 Å². The van der Waals surface area contributed by atoms with Crippen LogP contribution in [0.5, 0.6) is 5.75 Å². The number of fused-ring (bicyclic) bond motifs is 1. The molecule has 0 spiro atoms. The molecule has 2 saturated heterocycles. The predicted molar refractivity (Wildman–Crippen MR) is 122 cm³/mol. The molecule has 5 rings (SSSR count). The fraction of sp³-hybridized carbons (Fsp3) is 0.200. The first-order valence-electron chi connectivity index (χ1n) is 10.5. The first-order chi connectivity index (χ1) is 15.6. The van der Waals surface area contributed by atoms with Crippen molar-refractivity contribution in [3.63, 3.8) is 0 Å². The van der Waals surface area contributed by atoms with Crippen molar-refractivity contribution in [2.45, 2.75) is 19.1 Å². The number of nitrogens with zero attached hydrogens (tertiary/aromatic N) is 2. The second kappa shape index (κ2) is 8.30. The first kappa shape index (κ1) is 20.5. The van der Waals surface area contributed by atoms with Crippen LogP contribution in [0, 0.1) is 5.92 Å². The molecule has 0 bridgehead atoms. The van der Waals surface area contributed by atoms with E-state index in [0.29, 0.717) is 23.1 Å². The van der Waals surface area contributed by atoms with Gasteiger partial charge in [0.2, 0.25) is 5.91 Å². The van der Waals surface area contributed by atoms with Crippen LogP contribution in [0.15, 0.2) is 78.9 Å². The van der Waals surface area contributed by atoms with Gasteiger partial charge in [0, 0.05) is 5.02 Å². The molecule has 6 nitrogen and oxygen atoms in total. The van der Waals surface area contributed by atoms with Crippen LogP contribution in [0.4, 0.5) is 11.4 Å². The van der Waals surface area contributed by atoms with Crippen molar-refractivity contribution in [3.8, 4) is 5.75 Å². The van der Waals surface area contributed by atoms with Crippen LogP contribution in [-0.2, 0) is 14.4 Å². The van der Waals surface area contributed by atoms with Crippen LogP contribution in [0.3, 0.4) is 0 Å². The Morgan fingerprint density at radius 3 is 2.22 bits per heavy atom. The quantitative estimate of drug-likeness (QED) is 0.525. The molecule has 3 aromatic carbocycles. The number of carbonyl (C=O) groups is 2. The van der Waals surface area contributed by atoms with Gasteiger partial charge < -0.3 is 4.74 Å². The summed E-state index contributed by atoms with van der Waals surface area (Å²) in [5.74, 6) is -0.666. The van der Waals surface area contributed by atoms with Crippen molar-refractivity contribution in [1.29, 1.82) is 0 Å². The Kier molecular flexibility index (Phi) is 5.33. The number of amides is 2. The number of benzene rings is 3. The lowest BCUT2D eigenvalue weighted by Gasteiger charge is -2.28. The van der Waals surface area contributed by atoms with Gasteiger partial charge >= 0.3 is 0 Å². The molecule has 2 aliphatic rings. The zero-order chi connectivity index (χ0) is 22.2. The molecule has 0 aliphatic carbocycles. The monoisotopic (exact) mass is 448 g/mol. The molecule has 32 heavy (non-hydrogen) atoms. The number of rotatable bonds is 5. The maximum atomic E-state index is 13.6. The lowest BCUT2D eigenvalue weighted by molar-refractivity contribution is -0.126. The van der Waals surface area contributed by atoms with Crippen molar-refractivity contribution in [1.82, 2.24) is 0 Å². The average Bonchev–Trinajstić information content (AvgIpc) is 3.32. The van der Waals surface area contributed by atoms with E-state index in [0.717, 1.165) is 11.3 Å². The molecule has 3 unspecified atom stereocenters. The Bertz CT molecular complexity index is 1130. The van der Waals surface area contributed by atoms with E-state index < -0.39 is 18.1 Å². The molecular weight excluding hydrogens is 428 g/mol. The third-order valence-corrected chi connectivity index (χ3v) is 6.00. The molecule has 0 radical (unpaired) electrons. The minimum Gasteiger partial charge on any atom is -0.494 e. The summed E-state index contributed by atoms with van der Waals surface area (Å²) >= 11 is 6.09. The highest BCUT2D eigenvalue weighted by atomic mass is 35.5. The van der Waals surface area contributed by atoms with Gasteiger partial charge in [-0.05, 0) is 61.0 Å². The van der Waals surface area contributed by atoms with E-state index in [1.165, 1.54) is 4.90 Å². The first-order valence-corrected chi connectivity index (χ1v) is 10.8. The van der Waals surface area contributed by atoms with Gasteiger partial charge in [-0.1, -0.05) is 41.9 Å². The second-order valence-electron chi connectivity index (χ2n) is 7.65. The van der Waals surface area contributed by atoms with E-state index in [1.54, 1.807) is 41.5 Å². The summed E-state index contributed by atoms with van der Waals surface area (Å²) in [7, 11) is 0. The molecule has 0 saturated carbocycles. The Morgan fingerprint density at radius 1 is 0.875 bits per heavy atom. The van der Waals surface area contributed by atoms with E-state index in [-0.39, 0.29) is 11.8 Å². The predicted octanol–water partition coefficient (Wildman–Crippen LogP) is 4.79. The number of hydroxylamine groups is 1. The maximum Gasteiger partial charge on any atom is 0.266 e. The van der Waals surface area contributed by atoms with Crippen LogP contribution in [-0.4, -0.2) is 24.5 Å². The van der Waals surface area contributed by atoms with E-state index >= 15 is 0 Å². The van der Waals surface area contributed by atoms with Gasteiger partial charge in [0.25, 0.3) is 5.91 Å². The third-order valence-electron chi connectivity index (χ3n) is 5.74. The third kappa shape index (κ3) is 3.42. The number of hydrogen-bond acceptors (Lipinski definition) is 5. The number of hydrogen-bond donors (Lipinski definition) is 0. The fourth-order valence-corrected chi connectivity index (χ4v) is 4.45. The van der Waals surface area contributed by atoms with Gasteiger partial charge in [0.15, 0.2) is 6.10 Å². The summed E-state index contributed by atoms with van der Waals surface area (Å²) in [6.45, 7) is 2.44. The lowest BCUT2D eigenvalue weighted by Crippen LogP contribution is -2.37. The minimum absolute atomic E-state index is 0.289. The van der Waals surface area contributed by atoms with Gasteiger partial charge in [-0.3, -0.25) is 14.4 Å². The van der Waals surface area contributed by atoms with Crippen molar-refractivity contribution in [2.24, 2.45) is 5.92 Å². The smallest absolute Gasteiger partial charge is 0.266 e. The van der Waals surface area contributed by atoms with Crippen LogP contribution in [0.2, 0.25) is 5.02 Å². The van der Waals surface area contributed by atoms with Gasteiger partial charge in [-0.2, -0.15) is 0 Å². The molecule has 0 aromatic heterocycles. The molecule has 2 aliphatic heterocycles. The van der Waals surface area contributed by atoms with Crippen LogP contribution in [0.1, 0.15) is 18.5 Å². The number of imide groups is 1. The zero-order valence-electron chi connectivity index (χ0n) is 17.4. The van der Waals surface area contributed by atoms with Gasteiger partial charge in [-0.25, -0.2) is 9.96 Å². The van der Waals surface area contributed by atoms with Gasteiger partial charge in [-0.15, -0.1) is 0 Å². The number of para-hydroxylation sites is 1. The molecule has 162 valence electrons. The standard InChI is InChI=1S/C25H21ClN2O4/c1-2-31-20-14-12-18(13-15-20)27-24(29)21-22(16-8-10-17(26)11-9-16)28(32-23(21)25(27)30)19-6-4-3-5-7-19/h3-15,21-23H,2H2,1H3. The van der Waals surface area contributed by atoms with Gasteiger partial charge in [0.05, 0.1) is 24.0 Å². The number of halogens is 1. The number of carbonyl (C=O) groups excluding carboxylic acids is 2. The highest BCUT2D eigenvalue weighted by Gasteiger charge is 2.60. The Labute approximate surface area is 190 Å². The average molecular weight is 449 g/mol. The molecule has 2 fully saturated rings. The maximum absolute atomic E-state index is 13.6. The highest BCUT2D eigenvalue weighted by molar-refractivity contribution is 6.30. The highest BCUT2D eigenvalue weighted by Crippen LogP contribution is 2.47. The van der Waals surface area contributed by atoms with Crippen molar-refractivity contribution >= 4 is 34.8 Å². The molecule has 2 amide bonds. The molecule has 2 heterocycles. The molecular formula is C25H21ClN2O4. The summed E-state index contributed by atoms with van der Waals surface area (Å²) in [6, 6.07) is 23.2. The van der Waals surface area contributed by atoms with Crippen LogP contribution >= 0.6 is 11.6 Å². The summed E-state index contributed by atoms with van der Waals surface area (Å²) in [4.78, 5) is 34.2. The topological polar surface area (TPSA) is 59.1 Å². The summed E-state index contributed by atoms with van der Waals surface area (Å²) in [6.07, 6.45) is -0.907. The van der Waals surface area contributed by atoms with Crippen molar-refractivity contribution in [2.75, 3.05) is 16.6 Å². The van der Waals surface area contributed by atoms with E-state index in [4.69, 9.17) is 21.2 Å². The molecule has 7 heteroatoms. The normalized spacial score (nSPS) is 22.4. The summed E-state index contributed by atoms with van der Waals surface area (Å²) in [5.41, 5.74) is 2.12. The number of ether oxygens (including phenoxy) is 1. The van der Waals surface area contributed by atoms with E-state index in [1.807, 2.05) is 49.4 Å². The Balaban J connectivity index is 1.53. The molecule has 3 aromatic rings. The Morgan fingerprint density at radius 2 is 1.56 bits per heavy atom. The fourth-order valence-electron chi connectivity index (χ4n) is 4.32. The van der Waals surface area contributed by atoms with E-state index in [2.05, 4.69) is 0 Å². The van der Waals surface area contributed by atoms with E-state index in [9.17, 15) is 9.59 Å². The van der Waals surface area contributed by atoms with Crippen molar-refractivity contribution < 1.29 is 19.2 Å².